The molecule has 19 heavy (non-hydrogen) atoms. The number of benzene rings is 2. The largest absolute Gasteiger partial charge is 0.573 e. The molecule has 0 spiro atoms. The van der Waals surface area contributed by atoms with Gasteiger partial charge in [0.1, 0.15) is 5.75 Å². The maximum absolute atomic E-state index is 12.0. The smallest absolute Gasteiger partial charge is 0.406 e. The Morgan fingerprint density at radius 2 is 1.53 bits per heavy atom. The standard InChI is InChI=1S/C14H12F3NO/c15-14(16,17)19-13-8-6-12(7-9-13)18-10-11-4-2-1-3-5-11/h1-9,18H,10H2. The molecule has 2 rings (SSSR count). The molecular weight excluding hydrogens is 255 g/mol. The molecule has 0 aromatic heterocycles. The Bertz CT molecular complexity index is 508. The van der Waals surface area contributed by atoms with Crippen molar-refractivity contribution in [3.63, 3.8) is 0 Å². The van der Waals surface area contributed by atoms with Gasteiger partial charge in [-0.1, -0.05) is 30.3 Å². The number of alkyl halides is 3. The van der Waals surface area contributed by atoms with E-state index in [0.717, 1.165) is 11.3 Å². The molecule has 0 unspecified atom stereocenters. The number of anilines is 1. The van der Waals surface area contributed by atoms with E-state index in [-0.39, 0.29) is 5.75 Å². The Labute approximate surface area is 108 Å². The van der Waals surface area contributed by atoms with Crippen molar-refractivity contribution in [2.24, 2.45) is 0 Å². The highest BCUT2D eigenvalue weighted by molar-refractivity contribution is 5.46. The van der Waals surface area contributed by atoms with Crippen LogP contribution in [0.1, 0.15) is 5.56 Å². The Kier molecular flexibility index (Phi) is 3.94. The second kappa shape index (κ2) is 5.65. The van der Waals surface area contributed by atoms with Gasteiger partial charge in [-0.2, -0.15) is 0 Å². The zero-order valence-corrected chi connectivity index (χ0v) is 9.95. The van der Waals surface area contributed by atoms with E-state index in [1.807, 2.05) is 30.3 Å². The molecule has 0 saturated heterocycles. The van der Waals surface area contributed by atoms with Gasteiger partial charge in [0.2, 0.25) is 0 Å². The van der Waals surface area contributed by atoms with Crippen molar-refractivity contribution in [2.75, 3.05) is 5.32 Å². The van der Waals surface area contributed by atoms with Crippen molar-refractivity contribution in [1.29, 1.82) is 0 Å². The summed E-state index contributed by atoms with van der Waals surface area (Å²) in [5.41, 5.74) is 1.83. The lowest BCUT2D eigenvalue weighted by Crippen LogP contribution is -2.17. The van der Waals surface area contributed by atoms with E-state index in [1.54, 1.807) is 12.1 Å². The summed E-state index contributed by atoms with van der Waals surface area (Å²) in [6.45, 7) is 0.611. The van der Waals surface area contributed by atoms with Gasteiger partial charge in [0.25, 0.3) is 0 Å². The van der Waals surface area contributed by atoms with Crippen LogP contribution in [0.15, 0.2) is 54.6 Å². The molecule has 0 radical (unpaired) electrons. The van der Waals surface area contributed by atoms with E-state index >= 15 is 0 Å². The van der Waals surface area contributed by atoms with Crippen LogP contribution in [0.2, 0.25) is 0 Å². The highest BCUT2D eigenvalue weighted by Crippen LogP contribution is 2.24. The highest BCUT2D eigenvalue weighted by Gasteiger charge is 2.30. The third-order valence-corrected chi connectivity index (χ3v) is 2.43. The van der Waals surface area contributed by atoms with Crippen molar-refractivity contribution in [1.82, 2.24) is 0 Å². The van der Waals surface area contributed by atoms with Crippen molar-refractivity contribution in [3.8, 4) is 5.75 Å². The molecule has 5 heteroatoms. The van der Waals surface area contributed by atoms with E-state index < -0.39 is 6.36 Å². The molecule has 100 valence electrons. The molecule has 0 heterocycles. The van der Waals surface area contributed by atoms with Crippen LogP contribution >= 0.6 is 0 Å². The van der Waals surface area contributed by atoms with E-state index in [9.17, 15) is 13.2 Å². The maximum Gasteiger partial charge on any atom is 0.573 e. The number of rotatable bonds is 4. The minimum Gasteiger partial charge on any atom is -0.406 e. The Balaban J connectivity index is 1.92. The Morgan fingerprint density at radius 3 is 2.11 bits per heavy atom. The van der Waals surface area contributed by atoms with E-state index in [4.69, 9.17) is 0 Å². The van der Waals surface area contributed by atoms with E-state index in [0.29, 0.717) is 6.54 Å². The topological polar surface area (TPSA) is 21.3 Å². The van der Waals surface area contributed by atoms with Gasteiger partial charge >= 0.3 is 6.36 Å². The van der Waals surface area contributed by atoms with Crippen LogP contribution < -0.4 is 10.1 Å². The number of halogens is 3. The number of ether oxygens (including phenoxy) is 1. The molecule has 0 aliphatic heterocycles. The number of nitrogens with one attached hydrogen (secondary N) is 1. The van der Waals surface area contributed by atoms with Gasteiger partial charge in [-0.15, -0.1) is 13.2 Å². The predicted molar refractivity (Wildman–Crippen MR) is 66.9 cm³/mol. The summed E-state index contributed by atoms with van der Waals surface area (Å²) < 4.78 is 39.7. The first-order valence-electron chi connectivity index (χ1n) is 5.66. The normalized spacial score (nSPS) is 11.1. The maximum atomic E-state index is 12.0. The second-order valence-corrected chi connectivity index (χ2v) is 3.91. The monoisotopic (exact) mass is 267 g/mol. The zero-order valence-electron chi connectivity index (χ0n) is 9.95. The molecule has 2 aromatic carbocycles. The summed E-state index contributed by atoms with van der Waals surface area (Å²) in [5.74, 6) is -0.224. The van der Waals surface area contributed by atoms with Gasteiger partial charge in [0.05, 0.1) is 0 Å². The molecule has 1 N–H and O–H groups in total. The fourth-order valence-electron chi connectivity index (χ4n) is 1.57. The molecule has 2 aromatic rings. The summed E-state index contributed by atoms with van der Waals surface area (Å²) in [6, 6.07) is 15.4. The molecule has 0 amide bonds. The van der Waals surface area contributed by atoms with Crippen molar-refractivity contribution >= 4 is 5.69 Å². The Hall–Kier alpha value is -2.17. The van der Waals surface area contributed by atoms with Gasteiger partial charge in [-0.3, -0.25) is 0 Å². The summed E-state index contributed by atoms with van der Waals surface area (Å²) in [4.78, 5) is 0. The van der Waals surface area contributed by atoms with Crippen molar-refractivity contribution in [3.05, 3.63) is 60.2 Å². The van der Waals surface area contributed by atoms with Crippen LogP contribution in [0.25, 0.3) is 0 Å². The van der Waals surface area contributed by atoms with Gasteiger partial charge in [0.15, 0.2) is 0 Å². The van der Waals surface area contributed by atoms with Crippen LogP contribution in [0.4, 0.5) is 18.9 Å². The molecule has 2 nitrogen and oxygen atoms in total. The van der Waals surface area contributed by atoms with Crippen LogP contribution in [0, 0.1) is 0 Å². The highest BCUT2D eigenvalue weighted by atomic mass is 19.4. The SMILES string of the molecule is FC(F)(F)Oc1ccc(NCc2ccccc2)cc1. The predicted octanol–water partition coefficient (Wildman–Crippen LogP) is 4.20. The van der Waals surface area contributed by atoms with E-state index in [1.165, 1.54) is 12.1 Å². The first-order valence-corrected chi connectivity index (χ1v) is 5.66. The van der Waals surface area contributed by atoms with Crippen molar-refractivity contribution < 1.29 is 17.9 Å². The molecular formula is C14H12F3NO. The van der Waals surface area contributed by atoms with Gasteiger partial charge in [0, 0.05) is 12.2 Å². The summed E-state index contributed by atoms with van der Waals surface area (Å²) in [5, 5.41) is 3.11. The summed E-state index contributed by atoms with van der Waals surface area (Å²) in [7, 11) is 0. The van der Waals surface area contributed by atoms with Crippen LogP contribution in [-0.4, -0.2) is 6.36 Å². The average molecular weight is 267 g/mol. The summed E-state index contributed by atoms with van der Waals surface area (Å²) in [6.07, 6.45) is -4.65. The number of hydrogen-bond donors (Lipinski definition) is 1. The number of hydrogen-bond acceptors (Lipinski definition) is 2. The van der Waals surface area contributed by atoms with Gasteiger partial charge in [-0.25, -0.2) is 0 Å². The first kappa shape index (κ1) is 13.3. The molecule has 0 aliphatic rings. The van der Waals surface area contributed by atoms with Gasteiger partial charge < -0.3 is 10.1 Å². The molecule has 0 saturated carbocycles. The van der Waals surface area contributed by atoms with E-state index in [2.05, 4.69) is 10.1 Å². The molecule has 0 aliphatic carbocycles. The lowest BCUT2D eigenvalue weighted by atomic mass is 10.2. The van der Waals surface area contributed by atoms with Gasteiger partial charge in [-0.05, 0) is 29.8 Å². The average Bonchev–Trinajstić information content (AvgIpc) is 2.37. The molecule has 0 atom stereocenters. The van der Waals surface area contributed by atoms with Crippen molar-refractivity contribution in [2.45, 2.75) is 12.9 Å². The minimum absolute atomic E-state index is 0.224. The quantitative estimate of drug-likeness (QED) is 0.896. The lowest BCUT2D eigenvalue weighted by Gasteiger charge is -2.10. The first-order chi connectivity index (χ1) is 9.03. The van der Waals surface area contributed by atoms with Crippen LogP contribution in [0.3, 0.4) is 0 Å². The second-order valence-electron chi connectivity index (χ2n) is 3.91. The fraction of sp³-hybridized carbons (Fsp3) is 0.143. The molecule has 0 bridgehead atoms. The fourth-order valence-corrected chi connectivity index (χ4v) is 1.57. The zero-order chi connectivity index (χ0) is 13.7. The lowest BCUT2D eigenvalue weighted by molar-refractivity contribution is -0.274. The minimum atomic E-state index is -4.65. The molecule has 0 fully saturated rings. The van der Waals surface area contributed by atoms with Crippen LogP contribution in [-0.2, 0) is 6.54 Å². The summed E-state index contributed by atoms with van der Waals surface area (Å²) >= 11 is 0. The third-order valence-electron chi connectivity index (χ3n) is 2.43. The Morgan fingerprint density at radius 1 is 0.895 bits per heavy atom. The third kappa shape index (κ3) is 4.54. The van der Waals surface area contributed by atoms with Crippen LogP contribution in [0.5, 0.6) is 5.75 Å².